The summed E-state index contributed by atoms with van der Waals surface area (Å²) >= 11 is 1.77. The van der Waals surface area contributed by atoms with Gasteiger partial charge in [0.25, 0.3) is 0 Å². The Morgan fingerprint density at radius 2 is 2.17 bits per heavy atom. The molecule has 1 atom stereocenters. The number of hydrogen-bond donors (Lipinski definition) is 1. The molecule has 0 radical (unpaired) electrons. The number of nitrogens with one attached hydrogen (secondary N) is 1. The fourth-order valence-electron chi connectivity index (χ4n) is 2.14. The van der Waals surface area contributed by atoms with Gasteiger partial charge in [-0.3, -0.25) is 0 Å². The van der Waals surface area contributed by atoms with Crippen LogP contribution < -0.4 is 5.32 Å². The summed E-state index contributed by atoms with van der Waals surface area (Å²) in [6.07, 6.45) is 3.07. The summed E-state index contributed by atoms with van der Waals surface area (Å²) in [6, 6.07) is 8.66. The summed E-state index contributed by atoms with van der Waals surface area (Å²) in [5, 5.41) is 3.46. The van der Waals surface area contributed by atoms with E-state index in [-0.39, 0.29) is 5.60 Å². The number of rotatable bonds is 6. The normalized spacial score (nSPS) is 23.4. The molecule has 0 saturated carbocycles. The van der Waals surface area contributed by atoms with Gasteiger partial charge in [-0.2, -0.15) is 0 Å². The van der Waals surface area contributed by atoms with Gasteiger partial charge in [-0.25, -0.2) is 0 Å². The third-order valence-corrected chi connectivity index (χ3v) is 4.18. The summed E-state index contributed by atoms with van der Waals surface area (Å²) in [6.45, 7) is 3.22. The fourth-order valence-corrected chi connectivity index (χ4v) is 2.55. The summed E-state index contributed by atoms with van der Waals surface area (Å²) in [4.78, 5) is 1.30. The van der Waals surface area contributed by atoms with Crippen molar-refractivity contribution in [1.82, 2.24) is 5.32 Å². The van der Waals surface area contributed by atoms with E-state index < -0.39 is 0 Å². The number of methoxy groups -OCH3 is 1. The Morgan fingerprint density at radius 1 is 1.39 bits per heavy atom. The molecular weight excluding hydrogens is 246 g/mol. The zero-order valence-corrected chi connectivity index (χ0v) is 11.9. The first-order chi connectivity index (χ1) is 8.78. The van der Waals surface area contributed by atoms with Crippen LogP contribution in [-0.4, -0.2) is 38.7 Å². The van der Waals surface area contributed by atoms with E-state index in [1.165, 1.54) is 10.5 Å². The topological polar surface area (TPSA) is 30.5 Å². The lowest BCUT2D eigenvalue weighted by Gasteiger charge is -2.26. The molecule has 1 aromatic carbocycles. The molecular formula is C14H21NO2S. The molecule has 1 aliphatic rings. The van der Waals surface area contributed by atoms with Gasteiger partial charge in [0.05, 0.1) is 6.61 Å². The molecule has 3 nitrogen and oxygen atoms in total. The molecule has 100 valence electrons. The molecule has 0 aliphatic carbocycles. The fraction of sp³-hybridized carbons (Fsp3) is 0.571. The van der Waals surface area contributed by atoms with Crippen LogP contribution in [0.4, 0.5) is 0 Å². The van der Waals surface area contributed by atoms with E-state index in [1.54, 1.807) is 18.9 Å². The molecule has 1 unspecified atom stereocenters. The van der Waals surface area contributed by atoms with Crippen LogP contribution in [-0.2, 0) is 16.0 Å². The Morgan fingerprint density at radius 3 is 2.72 bits per heavy atom. The van der Waals surface area contributed by atoms with Gasteiger partial charge < -0.3 is 14.8 Å². The van der Waals surface area contributed by atoms with Crippen LogP contribution in [0.25, 0.3) is 0 Å². The smallest absolute Gasteiger partial charge is 0.106 e. The zero-order chi connectivity index (χ0) is 12.8. The second-order valence-electron chi connectivity index (χ2n) is 4.64. The van der Waals surface area contributed by atoms with Crippen molar-refractivity contribution < 1.29 is 9.47 Å². The van der Waals surface area contributed by atoms with Crippen LogP contribution in [0.15, 0.2) is 29.2 Å². The molecule has 1 N–H and O–H groups in total. The van der Waals surface area contributed by atoms with E-state index in [4.69, 9.17) is 9.47 Å². The van der Waals surface area contributed by atoms with E-state index in [2.05, 4.69) is 35.8 Å². The minimum absolute atomic E-state index is 0.126. The average molecular weight is 267 g/mol. The maximum atomic E-state index is 5.58. The summed E-state index contributed by atoms with van der Waals surface area (Å²) in [5.41, 5.74) is 1.18. The lowest BCUT2D eigenvalue weighted by Crippen LogP contribution is -2.42. The highest BCUT2D eigenvalue weighted by atomic mass is 32.2. The second kappa shape index (κ2) is 6.57. The number of benzene rings is 1. The van der Waals surface area contributed by atoms with E-state index in [0.29, 0.717) is 6.61 Å². The molecule has 1 heterocycles. The van der Waals surface area contributed by atoms with Crippen LogP contribution in [0.5, 0.6) is 0 Å². The largest absolute Gasteiger partial charge is 0.378 e. The maximum absolute atomic E-state index is 5.58. The highest BCUT2D eigenvalue weighted by molar-refractivity contribution is 7.98. The summed E-state index contributed by atoms with van der Waals surface area (Å²) < 4.78 is 11.0. The molecule has 1 aromatic rings. The summed E-state index contributed by atoms with van der Waals surface area (Å²) in [7, 11) is 1.77. The molecule has 0 spiro atoms. The van der Waals surface area contributed by atoms with Gasteiger partial charge >= 0.3 is 0 Å². The highest BCUT2D eigenvalue weighted by Crippen LogP contribution is 2.21. The first-order valence-electron chi connectivity index (χ1n) is 6.24. The minimum atomic E-state index is -0.126. The van der Waals surface area contributed by atoms with Crippen LogP contribution >= 0.6 is 11.8 Å². The Labute approximate surface area is 113 Å². The standard InChI is InChI=1S/C14H21NO2S/c1-16-14(7-8-17-11-14)10-15-9-12-3-5-13(18-2)6-4-12/h3-6,15H,7-11H2,1-2H3. The van der Waals surface area contributed by atoms with Crippen molar-refractivity contribution in [2.45, 2.75) is 23.5 Å². The third-order valence-electron chi connectivity index (χ3n) is 3.44. The molecule has 0 aromatic heterocycles. The second-order valence-corrected chi connectivity index (χ2v) is 5.52. The maximum Gasteiger partial charge on any atom is 0.106 e. The van der Waals surface area contributed by atoms with E-state index >= 15 is 0 Å². The Bertz CT molecular complexity index is 361. The molecule has 18 heavy (non-hydrogen) atoms. The Kier molecular flexibility index (Phi) is 5.06. The third kappa shape index (κ3) is 3.48. The Balaban J connectivity index is 1.80. The van der Waals surface area contributed by atoms with Crippen molar-refractivity contribution in [3.05, 3.63) is 29.8 Å². The van der Waals surface area contributed by atoms with E-state index in [9.17, 15) is 0 Å². The van der Waals surface area contributed by atoms with Gasteiger partial charge in [0.2, 0.25) is 0 Å². The van der Waals surface area contributed by atoms with Crippen LogP contribution in [0, 0.1) is 0 Å². The predicted molar refractivity (Wildman–Crippen MR) is 75.1 cm³/mol. The number of thioether (sulfide) groups is 1. The lowest BCUT2D eigenvalue weighted by molar-refractivity contribution is -0.0159. The number of hydrogen-bond acceptors (Lipinski definition) is 4. The first-order valence-corrected chi connectivity index (χ1v) is 7.47. The van der Waals surface area contributed by atoms with Crippen molar-refractivity contribution in [3.63, 3.8) is 0 Å². The quantitative estimate of drug-likeness (QED) is 0.801. The van der Waals surface area contributed by atoms with Crippen molar-refractivity contribution in [2.75, 3.05) is 33.1 Å². The number of ether oxygens (including phenoxy) is 2. The molecule has 4 heteroatoms. The van der Waals surface area contributed by atoms with E-state index in [0.717, 1.165) is 26.1 Å². The van der Waals surface area contributed by atoms with Gasteiger partial charge in [0.15, 0.2) is 0 Å². The average Bonchev–Trinajstić information content (AvgIpc) is 2.89. The highest BCUT2D eigenvalue weighted by Gasteiger charge is 2.34. The van der Waals surface area contributed by atoms with Crippen LogP contribution in [0.1, 0.15) is 12.0 Å². The molecule has 0 amide bonds. The molecule has 1 saturated heterocycles. The predicted octanol–water partition coefficient (Wildman–Crippen LogP) is 2.30. The van der Waals surface area contributed by atoms with Crippen LogP contribution in [0.3, 0.4) is 0 Å². The molecule has 1 aliphatic heterocycles. The SMILES string of the molecule is COC1(CNCc2ccc(SC)cc2)CCOC1. The molecule has 0 bridgehead atoms. The van der Waals surface area contributed by atoms with Gasteiger partial charge in [-0.05, 0) is 24.0 Å². The van der Waals surface area contributed by atoms with Crippen molar-refractivity contribution in [1.29, 1.82) is 0 Å². The van der Waals surface area contributed by atoms with Crippen molar-refractivity contribution >= 4 is 11.8 Å². The lowest BCUT2D eigenvalue weighted by atomic mass is 10.0. The molecule has 1 fully saturated rings. The van der Waals surface area contributed by atoms with Crippen LogP contribution in [0.2, 0.25) is 0 Å². The van der Waals surface area contributed by atoms with Gasteiger partial charge in [-0.15, -0.1) is 11.8 Å². The monoisotopic (exact) mass is 267 g/mol. The zero-order valence-electron chi connectivity index (χ0n) is 11.1. The van der Waals surface area contributed by atoms with E-state index in [1.807, 2.05) is 0 Å². The minimum Gasteiger partial charge on any atom is -0.378 e. The van der Waals surface area contributed by atoms with Gasteiger partial charge in [0.1, 0.15) is 5.60 Å². The summed E-state index contributed by atoms with van der Waals surface area (Å²) in [5.74, 6) is 0. The Hall–Kier alpha value is -0.550. The molecule has 2 rings (SSSR count). The van der Waals surface area contributed by atoms with Crippen molar-refractivity contribution in [2.24, 2.45) is 0 Å². The first kappa shape index (κ1) is 13.9. The van der Waals surface area contributed by atoms with Gasteiger partial charge in [0, 0.05) is 38.1 Å². The van der Waals surface area contributed by atoms with Crippen molar-refractivity contribution in [3.8, 4) is 0 Å². The van der Waals surface area contributed by atoms with Gasteiger partial charge in [-0.1, -0.05) is 12.1 Å².